The third kappa shape index (κ3) is 15.3. The monoisotopic (exact) mass is 1680 g/mol. The van der Waals surface area contributed by atoms with E-state index in [1.54, 1.807) is 0 Å². The van der Waals surface area contributed by atoms with Crippen LogP contribution in [-0.2, 0) is 74.6 Å². The molecule has 4 aromatic heterocycles. The standard InChI is InChI=1S/2C44H45N4O.2Pt/c1-42(2,3)30-13-12-14-33(23-30)46-21-22-47(29-46)34-24-32(44(7,8)9)25-36(27-34)49-35-17-18-38-37-15-10-11-16-39(37)48(40(38)28-35)41-26-31(19-20-45-41)43(4,5)6;1-42(2,3)30-14-16-33(17-15-30)46-22-23-47(29-46)34-24-32(44(7,8)9)25-36(27-34)49-35-18-19-38-37-12-10-11-13-39(37)48(40(38)28-35)41-26-31(20-21-45-41)43(4,5)6;;/h2*10-26,29H,1-9H3;;/q2*-3;;. The molecule has 2 aliphatic rings. The summed E-state index contributed by atoms with van der Waals surface area (Å²) in [6, 6.07) is 74.1. The van der Waals surface area contributed by atoms with Crippen molar-refractivity contribution >= 4 is 66.4 Å². The largest absolute Gasteiger partial charge is 0.509 e. The number of nitrogens with zero attached hydrogens (tertiary/aromatic N) is 8. The summed E-state index contributed by atoms with van der Waals surface area (Å²) in [4.78, 5) is 18.1. The first-order valence-electron chi connectivity index (χ1n) is 34.1. The fourth-order valence-corrected chi connectivity index (χ4v) is 12.5. The van der Waals surface area contributed by atoms with Gasteiger partial charge in [-0.05, 0) is 151 Å². The van der Waals surface area contributed by atoms with Crippen molar-refractivity contribution in [1.82, 2.24) is 19.1 Å². The number of anilines is 4. The van der Waals surface area contributed by atoms with Crippen molar-refractivity contribution in [3.8, 4) is 34.6 Å². The molecule has 0 saturated carbocycles. The maximum atomic E-state index is 6.63. The zero-order valence-corrected chi connectivity index (χ0v) is 65.4. The van der Waals surface area contributed by atoms with Gasteiger partial charge in [-0.15, -0.1) is 107 Å². The number of ether oxygens (including phenoxy) is 2. The molecule has 0 radical (unpaired) electrons. The molecular weight excluding hydrogens is 1590 g/mol. The fourth-order valence-electron chi connectivity index (χ4n) is 12.5. The summed E-state index contributed by atoms with van der Waals surface area (Å²) in [6.07, 6.45) is 12.1. The van der Waals surface area contributed by atoms with Crippen LogP contribution in [0.2, 0.25) is 0 Å². The molecule has 0 bridgehead atoms. The smallest absolute Gasteiger partial charge is 0.135 e. The molecule has 0 saturated heterocycles. The topological polar surface area (TPSA) is 67.1 Å². The van der Waals surface area contributed by atoms with Crippen LogP contribution in [0.1, 0.15) is 158 Å². The Kier molecular flexibility index (Phi) is 20.1. The van der Waals surface area contributed by atoms with Gasteiger partial charge in [-0.1, -0.05) is 196 Å². The molecule has 6 heterocycles. The zero-order valence-electron chi connectivity index (χ0n) is 60.8. The van der Waals surface area contributed by atoms with Crippen molar-refractivity contribution in [2.45, 2.75) is 157 Å². The van der Waals surface area contributed by atoms with Crippen LogP contribution in [0.5, 0.6) is 23.0 Å². The summed E-state index contributed by atoms with van der Waals surface area (Å²) in [6.45, 7) is 44.3. The van der Waals surface area contributed by atoms with E-state index >= 15 is 0 Å². The Morgan fingerprint density at radius 3 is 1.12 bits per heavy atom. The van der Waals surface area contributed by atoms with E-state index in [1.165, 1.54) is 22.3 Å². The Hall–Kier alpha value is -8.68. The summed E-state index contributed by atoms with van der Waals surface area (Å²) in [5.41, 5.74) is 15.4. The van der Waals surface area contributed by atoms with Crippen LogP contribution in [0.4, 0.5) is 22.7 Å². The van der Waals surface area contributed by atoms with Crippen LogP contribution >= 0.6 is 0 Å². The third-order valence-corrected chi connectivity index (χ3v) is 18.5. The molecule has 2 aliphatic heterocycles. The van der Waals surface area contributed by atoms with Crippen molar-refractivity contribution in [3.05, 3.63) is 278 Å². The van der Waals surface area contributed by atoms with E-state index in [4.69, 9.17) is 19.4 Å². The van der Waals surface area contributed by atoms with E-state index < -0.39 is 0 Å². The molecule has 12 heteroatoms. The van der Waals surface area contributed by atoms with Gasteiger partial charge in [-0.3, -0.25) is 0 Å². The van der Waals surface area contributed by atoms with Gasteiger partial charge in [-0.25, -0.2) is 9.97 Å². The van der Waals surface area contributed by atoms with Gasteiger partial charge in [0, 0.05) is 99.9 Å². The quantitative estimate of drug-likeness (QED) is 0.126. The van der Waals surface area contributed by atoms with Crippen LogP contribution in [-0.4, -0.2) is 19.1 Å². The second kappa shape index (κ2) is 27.7. The second-order valence-electron chi connectivity index (χ2n) is 32.2. The summed E-state index contributed by atoms with van der Waals surface area (Å²) >= 11 is 0. The Balaban J connectivity index is 0.000000198. The Morgan fingerprint density at radius 2 is 0.700 bits per heavy atom. The molecule has 10 nitrogen and oxygen atoms in total. The molecule has 0 spiro atoms. The number of hydrogen-bond donors (Lipinski definition) is 0. The van der Waals surface area contributed by atoms with Crippen molar-refractivity contribution in [1.29, 1.82) is 0 Å². The first-order chi connectivity index (χ1) is 46.3. The van der Waals surface area contributed by atoms with E-state index in [9.17, 15) is 0 Å². The first-order valence-corrected chi connectivity index (χ1v) is 34.1. The number of rotatable bonds is 10. The predicted molar refractivity (Wildman–Crippen MR) is 407 cm³/mol. The number of pyridine rings is 2. The van der Waals surface area contributed by atoms with Crippen molar-refractivity contribution in [3.63, 3.8) is 0 Å². The average molecular weight is 1680 g/mol. The molecule has 14 rings (SSSR count). The molecule has 12 aromatic rings. The fraction of sp³-hybridized carbons (Fsp3) is 0.273. The van der Waals surface area contributed by atoms with Gasteiger partial charge >= 0.3 is 0 Å². The summed E-state index contributed by atoms with van der Waals surface area (Å²) < 4.78 is 17.6. The minimum Gasteiger partial charge on any atom is -0.509 e. The number of benzene rings is 8. The maximum Gasteiger partial charge on any atom is 0.135 e. The second-order valence-corrected chi connectivity index (χ2v) is 32.2. The van der Waals surface area contributed by atoms with Crippen LogP contribution in [0.25, 0.3) is 55.2 Å². The molecular formula is C88H90N8O2Pt2-6. The molecule has 100 heavy (non-hydrogen) atoms. The average Bonchev–Trinajstić information content (AvgIpc) is 1.59. The van der Waals surface area contributed by atoms with Gasteiger partial charge in [0.05, 0.1) is 0 Å². The molecule has 0 atom stereocenters. The molecule has 0 amide bonds. The van der Waals surface area contributed by atoms with Crippen molar-refractivity contribution < 1.29 is 51.6 Å². The van der Waals surface area contributed by atoms with Crippen LogP contribution in [0, 0.1) is 37.6 Å². The third-order valence-electron chi connectivity index (χ3n) is 18.5. The molecule has 0 unspecified atom stereocenters. The molecule has 520 valence electrons. The van der Waals surface area contributed by atoms with E-state index in [1.807, 2.05) is 24.5 Å². The van der Waals surface area contributed by atoms with Gasteiger partial charge in [0.15, 0.2) is 0 Å². The molecule has 8 aromatic carbocycles. The van der Waals surface area contributed by atoms with Crippen molar-refractivity contribution in [2.24, 2.45) is 0 Å². The SMILES string of the molecule is CC(C)(C)c1cc(Oc2[c-]c3c(cc2)c2ccccc2n3-c2cc(C(C)(C)C)ccn2)[c-]c(N2C=CN(c3cccc(C(C)(C)C)c3)[CH-]2)c1.CC(C)(C)c1ccc(N2C=CN(c3[c-]c(Oc4[c-]c5c(cc4)c4ccccc4n5-c4cc(C(C)(C)C)ccn4)cc(C(C)(C)C)c3)[CH-]2)cc1.[Pt].[Pt]. The van der Waals surface area contributed by atoms with E-state index in [0.717, 1.165) is 89.1 Å². The number of para-hydroxylation sites is 2. The normalized spacial score (nSPS) is 13.7. The number of fused-ring (bicyclic) bond motifs is 6. The molecule has 0 N–H and O–H groups in total. The number of aromatic nitrogens is 4. The van der Waals surface area contributed by atoms with Gasteiger partial charge < -0.3 is 38.2 Å². The van der Waals surface area contributed by atoms with Crippen LogP contribution in [0.3, 0.4) is 0 Å². The van der Waals surface area contributed by atoms with Crippen LogP contribution in [0.15, 0.2) is 207 Å². The minimum absolute atomic E-state index is 0. The van der Waals surface area contributed by atoms with Gasteiger partial charge in [-0.2, -0.15) is 12.1 Å². The van der Waals surface area contributed by atoms with Gasteiger partial charge in [0.25, 0.3) is 0 Å². The van der Waals surface area contributed by atoms with Gasteiger partial charge in [0.2, 0.25) is 0 Å². The number of hydrogen-bond acceptors (Lipinski definition) is 8. The summed E-state index contributed by atoms with van der Waals surface area (Å²) in [7, 11) is 0. The van der Waals surface area contributed by atoms with E-state index in [-0.39, 0.29) is 74.6 Å². The maximum absolute atomic E-state index is 6.63. The van der Waals surface area contributed by atoms with Gasteiger partial charge in [0.1, 0.15) is 11.6 Å². The van der Waals surface area contributed by atoms with Crippen molar-refractivity contribution in [2.75, 3.05) is 19.6 Å². The first kappa shape index (κ1) is 72.6. The zero-order chi connectivity index (χ0) is 69.4. The Morgan fingerprint density at radius 1 is 0.310 bits per heavy atom. The summed E-state index contributed by atoms with van der Waals surface area (Å²) in [5, 5.41) is 4.51. The minimum atomic E-state index is -0.101. The molecule has 0 fully saturated rings. The molecule has 0 aliphatic carbocycles. The Labute approximate surface area is 621 Å². The predicted octanol–water partition coefficient (Wildman–Crippen LogP) is 22.8. The summed E-state index contributed by atoms with van der Waals surface area (Å²) in [5.74, 6) is 4.26. The Bertz CT molecular complexity index is 5040. The van der Waals surface area contributed by atoms with Crippen LogP contribution < -0.4 is 29.1 Å². The van der Waals surface area contributed by atoms with E-state index in [2.05, 4.69) is 373 Å². The van der Waals surface area contributed by atoms with E-state index in [0.29, 0.717) is 23.0 Å².